The maximum absolute atomic E-state index is 12.7. The van der Waals surface area contributed by atoms with Crippen LogP contribution in [0, 0.1) is 0 Å². The van der Waals surface area contributed by atoms with Crippen LogP contribution < -0.4 is 4.31 Å². The van der Waals surface area contributed by atoms with Crippen LogP contribution in [0.3, 0.4) is 0 Å². The monoisotopic (exact) mass is 372 g/mol. The van der Waals surface area contributed by atoms with Gasteiger partial charge in [0.2, 0.25) is 0 Å². The summed E-state index contributed by atoms with van der Waals surface area (Å²) in [5, 5.41) is 0. The molecule has 0 aliphatic heterocycles. The van der Waals surface area contributed by atoms with Crippen molar-refractivity contribution in [3.8, 4) is 0 Å². The van der Waals surface area contributed by atoms with Crippen LogP contribution in [0.5, 0.6) is 0 Å². The van der Waals surface area contributed by atoms with Crippen molar-refractivity contribution in [3.63, 3.8) is 0 Å². The lowest BCUT2D eigenvalue weighted by Crippen LogP contribution is -2.35. The summed E-state index contributed by atoms with van der Waals surface area (Å²) in [7, 11) is -0.253. The average molecular weight is 372 g/mol. The summed E-state index contributed by atoms with van der Waals surface area (Å²) in [6.07, 6.45) is 4.45. The van der Waals surface area contributed by atoms with Crippen molar-refractivity contribution in [2.75, 3.05) is 18.4 Å². The lowest BCUT2D eigenvalue weighted by molar-refractivity contribution is 0.0735. The second-order valence-corrected chi connectivity index (χ2v) is 8.66. The summed E-state index contributed by atoms with van der Waals surface area (Å²) < 4.78 is 26.6. The number of benzene rings is 2. The van der Waals surface area contributed by atoms with Gasteiger partial charge in [-0.3, -0.25) is 9.10 Å². The number of hydrogen-bond donors (Lipinski definition) is 0. The molecule has 1 aliphatic carbocycles. The Hall–Kier alpha value is -2.34. The van der Waals surface area contributed by atoms with E-state index in [1.807, 2.05) is 11.9 Å². The fraction of sp³-hybridized carbons (Fsp3) is 0.350. The second-order valence-electron chi connectivity index (χ2n) is 6.69. The second kappa shape index (κ2) is 7.50. The number of sulfonamides is 1. The zero-order valence-corrected chi connectivity index (χ0v) is 15.9. The van der Waals surface area contributed by atoms with Crippen LogP contribution >= 0.6 is 0 Å². The van der Waals surface area contributed by atoms with Gasteiger partial charge in [0.1, 0.15) is 0 Å². The van der Waals surface area contributed by atoms with Crippen molar-refractivity contribution in [1.82, 2.24) is 4.90 Å². The number of amides is 1. The van der Waals surface area contributed by atoms with E-state index in [-0.39, 0.29) is 10.8 Å². The molecule has 26 heavy (non-hydrogen) atoms. The molecule has 1 aliphatic rings. The van der Waals surface area contributed by atoms with Gasteiger partial charge in [0.25, 0.3) is 15.9 Å². The smallest absolute Gasteiger partial charge is 0.264 e. The Balaban J connectivity index is 1.77. The van der Waals surface area contributed by atoms with Gasteiger partial charge in [-0.25, -0.2) is 8.42 Å². The van der Waals surface area contributed by atoms with E-state index in [0.29, 0.717) is 17.3 Å². The summed E-state index contributed by atoms with van der Waals surface area (Å²) in [6, 6.07) is 15.4. The standard InChI is InChI=1S/C20H24N2O3S/c1-21(17-8-6-7-9-17)20(23)16-12-14-18(15-13-16)22(2)26(24,25)19-10-4-3-5-11-19/h3-5,10-15,17H,6-9H2,1-2H3. The summed E-state index contributed by atoms with van der Waals surface area (Å²) >= 11 is 0. The minimum Gasteiger partial charge on any atom is -0.339 e. The minimum atomic E-state index is -3.62. The molecule has 3 rings (SSSR count). The molecular formula is C20H24N2O3S. The van der Waals surface area contributed by atoms with Crippen molar-refractivity contribution in [2.45, 2.75) is 36.6 Å². The molecule has 0 aromatic heterocycles. The summed E-state index contributed by atoms with van der Waals surface area (Å²) in [5.41, 5.74) is 1.10. The third kappa shape index (κ3) is 3.60. The molecule has 0 unspecified atom stereocenters. The highest BCUT2D eigenvalue weighted by Crippen LogP contribution is 2.25. The van der Waals surface area contributed by atoms with Crippen molar-refractivity contribution in [3.05, 3.63) is 60.2 Å². The zero-order valence-electron chi connectivity index (χ0n) is 15.1. The third-order valence-electron chi connectivity index (χ3n) is 5.07. The SMILES string of the molecule is CN(C(=O)c1ccc(N(C)S(=O)(=O)c2ccccc2)cc1)C1CCCC1. The Morgan fingerprint density at radius 2 is 1.50 bits per heavy atom. The first-order chi connectivity index (χ1) is 12.4. The number of hydrogen-bond acceptors (Lipinski definition) is 3. The molecule has 2 aromatic carbocycles. The van der Waals surface area contributed by atoms with Gasteiger partial charge >= 0.3 is 0 Å². The Morgan fingerprint density at radius 3 is 2.08 bits per heavy atom. The molecule has 6 heteroatoms. The molecule has 1 saturated carbocycles. The fourth-order valence-corrected chi connectivity index (χ4v) is 4.58. The first kappa shape index (κ1) is 18.5. The molecule has 0 bridgehead atoms. The third-order valence-corrected chi connectivity index (χ3v) is 6.87. The number of anilines is 1. The largest absolute Gasteiger partial charge is 0.339 e. The van der Waals surface area contributed by atoms with E-state index < -0.39 is 10.0 Å². The molecule has 5 nitrogen and oxygen atoms in total. The van der Waals surface area contributed by atoms with Crippen LogP contribution in [0.15, 0.2) is 59.5 Å². The van der Waals surface area contributed by atoms with E-state index in [0.717, 1.165) is 12.8 Å². The number of nitrogens with zero attached hydrogens (tertiary/aromatic N) is 2. The van der Waals surface area contributed by atoms with Crippen molar-refractivity contribution in [2.24, 2.45) is 0 Å². The van der Waals surface area contributed by atoms with E-state index in [2.05, 4.69) is 0 Å². The van der Waals surface area contributed by atoms with Gasteiger partial charge in [0.15, 0.2) is 0 Å². The van der Waals surface area contributed by atoms with Gasteiger partial charge in [0, 0.05) is 25.7 Å². The van der Waals surface area contributed by atoms with Gasteiger partial charge in [-0.2, -0.15) is 0 Å². The minimum absolute atomic E-state index is 0.0166. The van der Waals surface area contributed by atoms with Gasteiger partial charge < -0.3 is 4.90 Å². The topological polar surface area (TPSA) is 57.7 Å². The summed E-state index contributed by atoms with van der Waals surface area (Å²) in [4.78, 5) is 14.7. The average Bonchev–Trinajstić information content (AvgIpc) is 3.22. The first-order valence-electron chi connectivity index (χ1n) is 8.82. The van der Waals surface area contributed by atoms with Crippen LogP contribution in [0.4, 0.5) is 5.69 Å². The van der Waals surface area contributed by atoms with Crippen molar-refractivity contribution < 1.29 is 13.2 Å². The first-order valence-corrected chi connectivity index (χ1v) is 10.3. The Morgan fingerprint density at radius 1 is 0.923 bits per heavy atom. The Kier molecular flexibility index (Phi) is 5.32. The van der Waals surface area contributed by atoms with Gasteiger partial charge in [-0.1, -0.05) is 31.0 Å². The highest BCUT2D eigenvalue weighted by atomic mass is 32.2. The number of carbonyl (C=O) groups is 1. The van der Waals surface area contributed by atoms with Crippen LogP contribution in [0.1, 0.15) is 36.0 Å². The normalized spacial score (nSPS) is 15.0. The van der Waals surface area contributed by atoms with Crippen molar-refractivity contribution >= 4 is 21.6 Å². The van der Waals surface area contributed by atoms with E-state index in [9.17, 15) is 13.2 Å². The van der Waals surface area contributed by atoms with E-state index in [1.54, 1.807) is 54.6 Å². The van der Waals surface area contributed by atoms with E-state index in [4.69, 9.17) is 0 Å². The van der Waals surface area contributed by atoms with E-state index >= 15 is 0 Å². The zero-order chi connectivity index (χ0) is 18.7. The molecule has 0 atom stereocenters. The van der Waals surface area contributed by atoms with Crippen LogP contribution in [0.25, 0.3) is 0 Å². The maximum atomic E-state index is 12.7. The lowest BCUT2D eigenvalue weighted by Gasteiger charge is -2.25. The Labute approximate surface area is 155 Å². The maximum Gasteiger partial charge on any atom is 0.264 e. The molecule has 1 amide bonds. The summed E-state index contributed by atoms with van der Waals surface area (Å²) in [5.74, 6) is -0.0166. The molecule has 2 aromatic rings. The highest BCUT2D eigenvalue weighted by Gasteiger charge is 2.25. The number of carbonyl (C=O) groups excluding carboxylic acids is 1. The molecule has 138 valence electrons. The van der Waals surface area contributed by atoms with Gasteiger partial charge in [0.05, 0.1) is 10.6 Å². The van der Waals surface area contributed by atoms with Crippen LogP contribution in [-0.4, -0.2) is 39.4 Å². The lowest BCUT2D eigenvalue weighted by atomic mass is 10.1. The molecular weight excluding hydrogens is 348 g/mol. The predicted molar refractivity (Wildman–Crippen MR) is 103 cm³/mol. The van der Waals surface area contributed by atoms with Gasteiger partial charge in [-0.15, -0.1) is 0 Å². The molecule has 0 N–H and O–H groups in total. The molecule has 0 saturated heterocycles. The van der Waals surface area contributed by atoms with Crippen LogP contribution in [-0.2, 0) is 10.0 Å². The summed E-state index contributed by atoms with van der Waals surface area (Å²) in [6.45, 7) is 0. The van der Waals surface area contributed by atoms with Gasteiger partial charge in [-0.05, 0) is 49.2 Å². The molecule has 1 fully saturated rings. The van der Waals surface area contributed by atoms with E-state index in [1.165, 1.54) is 24.2 Å². The number of rotatable bonds is 5. The molecule has 0 radical (unpaired) electrons. The quantitative estimate of drug-likeness (QED) is 0.807. The van der Waals surface area contributed by atoms with Crippen LogP contribution in [0.2, 0.25) is 0 Å². The Bertz CT molecular complexity index is 858. The fourth-order valence-electron chi connectivity index (χ4n) is 3.36. The highest BCUT2D eigenvalue weighted by molar-refractivity contribution is 7.92. The molecule has 0 spiro atoms. The predicted octanol–water partition coefficient (Wildman–Crippen LogP) is 3.53. The van der Waals surface area contributed by atoms with Crippen molar-refractivity contribution in [1.29, 1.82) is 0 Å². The molecule has 0 heterocycles.